The van der Waals surface area contributed by atoms with E-state index in [1.165, 1.54) is 12.1 Å². The summed E-state index contributed by atoms with van der Waals surface area (Å²) in [5.41, 5.74) is -0.0434. The molecule has 0 aromatic heterocycles. The molecule has 8 heteroatoms. The molecule has 1 heterocycles. The molecule has 1 amide bonds. The van der Waals surface area contributed by atoms with Crippen LogP contribution >= 0.6 is 0 Å². The second-order valence-corrected chi connectivity index (χ2v) is 5.76. The van der Waals surface area contributed by atoms with Gasteiger partial charge in [0.1, 0.15) is 0 Å². The van der Waals surface area contributed by atoms with Crippen LogP contribution in [-0.4, -0.2) is 41.2 Å². The smallest absolute Gasteiger partial charge is 0.410 e. The normalized spacial score (nSPS) is 15.6. The number of carbonyl (C=O) groups excluding carboxylic acids is 1. The molecule has 2 rings (SSSR count). The van der Waals surface area contributed by atoms with Crippen molar-refractivity contribution in [1.29, 1.82) is 0 Å². The number of hydrogen-bond donors (Lipinski definition) is 1. The number of non-ortho nitro benzene ring substituents is 1. The van der Waals surface area contributed by atoms with Gasteiger partial charge in [0.05, 0.1) is 22.8 Å². The van der Waals surface area contributed by atoms with Crippen LogP contribution in [0.1, 0.15) is 26.7 Å². The fraction of sp³-hybridized carbons (Fsp3) is 0.533. The molecule has 0 unspecified atom stereocenters. The minimum atomic E-state index is -0.652. The van der Waals surface area contributed by atoms with Crippen molar-refractivity contribution < 1.29 is 18.8 Å². The number of halogens is 1. The van der Waals surface area contributed by atoms with Gasteiger partial charge in [0, 0.05) is 25.2 Å². The summed E-state index contributed by atoms with van der Waals surface area (Å²) in [6, 6.07) is 3.54. The topological polar surface area (TPSA) is 84.7 Å². The van der Waals surface area contributed by atoms with Gasteiger partial charge in [-0.25, -0.2) is 9.18 Å². The van der Waals surface area contributed by atoms with Crippen molar-refractivity contribution in [2.75, 3.05) is 18.4 Å². The van der Waals surface area contributed by atoms with E-state index in [9.17, 15) is 19.3 Å². The van der Waals surface area contributed by atoms with Gasteiger partial charge < -0.3 is 15.0 Å². The largest absolute Gasteiger partial charge is 0.447 e. The fourth-order valence-corrected chi connectivity index (χ4v) is 2.44. The van der Waals surface area contributed by atoms with Crippen LogP contribution in [0.5, 0.6) is 0 Å². The Morgan fingerprint density at radius 3 is 2.61 bits per heavy atom. The highest BCUT2D eigenvalue weighted by Crippen LogP contribution is 2.23. The molecule has 1 aromatic rings. The second-order valence-electron chi connectivity index (χ2n) is 5.76. The number of amides is 1. The van der Waals surface area contributed by atoms with E-state index in [0.717, 1.165) is 6.07 Å². The van der Waals surface area contributed by atoms with Gasteiger partial charge in [0.15, 0.2) is 5.82 Å². The van der Waals surface area contributed by atoms with Crippen LogP contribution in [0.2, 0.25) is 0 Å². The first kappa shape index (κ1) is 17.0. The Morgan fingerprint density at radius 1 is 1.43 bits per heavy atom. The predicted molar refractivity (Wildman–Crippen MR) is 82.9 cm³/mol. The second kappa shape index (κ2) is 7.26. The number of nitrogens with zero attached hydrogens (tertiary/aromatic N) is 2. The first-order chi connectivity index (χ1) is 10.9. The molecule has 0 atom stereocenters. The summed E-state index contributed by atoms with van der Waals surface area (Å²) in [5, 5.41) is 13.6. The third-order valence-electron chi connectivity index (χ3n) is 3.61. The van der Waals surface area contributed by atoms with E-state index in [1.54, 1.807) is 18.7 Å². The van der Waals surface area contributed by atoms with Gasteiger partial charge in [-0.2, -0.15) is 0 Å². The van der Waals surface area contributed by atoms with Crippen molar-refractivity contribution in [2.24, 2.45) is 0 Å². The van der Waals surface area contributed by atoms with Crippen LogP contribution in [0.3, 0.4) is 0 Å². The molecule has 1 fully saturated rings. The zero-order valence-corrected chi connectivity index (χ0v) is 13.1. The molecule has 1 aromatic carbocycles. The molecule has 126 valence electrons. The SMILES string of the molecule is CC(C)OC(=O)N1CCC(Nc2ccc([N+](=O)[O-])cc2F)CC1. The van der Waals surface area contributed by atoms with E-state index < -0.39 is 10.7 Å². The molecule has 0 aliphatic carbocycles. The lowest BCUT2D eigenvalue weighted by Gasteiger charge is -2.32. The van der Waals surface area contributed by atoms with Crippen molar-refractivity contribution in [3.63, 3.8) is 0 Å². The summed E-state index contributed by atoms with van der Waals surface area (Å²) in [5.74, 6) is -0.652. The number of anilines is 1. The van der Waals surface area contributed by atoms with Crippen LogP contribution in [0.25, 0.3) is 0 Å². The molecule has 0 radical (unpaired) electrons. The highest BCUT2D eigenvalue weighted by atomic mass is 19.1. The van der Waals surface area contributed by atoms with E-state index in [1.807, 2.05) is 0 Å². The Labute approximate surface area is 133 Å². The zero-order valence-electron chi connectivity index (χ0n) is 13.1. The Kier molecular flexibility index (Phi) is 5.36. The molecule has 1 N–H and O–H groups in total. The monoisotopic (exact) mass is 325 g/mol. The lowest BCUT2D eigenvalue weighted by atomic mass is 10.0. The molecule has 1 aliphatic rings. The van der Waals surface area contributed by atoms with Crippen molar-refractivity contribution in [1.82, 2.24) is 4.90 Å². The molecular formula is C15H20FN3O4. The van der Waals surface area contributed by atoms with Crippen LogP contribution in [-0.2, 0) is 4.74 Å². The van der Waals surface area contributed by atoms with E-state index in [0.29, 0.717) is 25.9 Å². The first-order valence-electron chi connectivity index (χ1n) is 7.53. The number of hydrogen-bond acceptors (Lipinski definition) is 5. The Morgan fingerprint density at radius 2 is 2.09 bits per heavy atom. The van der Waals surface area contributed by atoms with Gasteiger partial charge in [0.2, 0.25) is 0 Å². The van der Waals surface area contributed by atoms with Gasteiger partial charge in [-0.15, -0.1) is 0 Å². The van der Waals surface area contributed by atoms with E-state index in [4.69, 9.17) is 4.74 Å². The van der Waals surface area contributed by atoms with Crippen LogP contribution in [0.4, 0.5) is 20.6 Å². The highest BCUT2D eigenvalue weighted by Gasteiger charge is 2.25. The summed E-state index contributed by atoms with van der Waals surface area (Å²) < 4.78 is 19.0. The number of carbonyl (C=O) groups is 1. The van der Waals surface area contributed by atoms with Gasteiger partial charge >= 0.3 is 6.09 Å². The van der Waals surface area contributed by atoms with E-state index in [-0.39, 0.29) is 29.6 Å². The predicted octanol–water partition coefficient (Wildman–Crippen LogP) is 3.16. The minimum Gasteiger partial charge on any atom is -0.447 e. The van der Waals surface area contributed by atoms with E-state index in [2.05, 4.69) is 5.32 Å². The fourth-order valence-electron chi connectivity index (χ4n) is 2.44. The molecule has 0 saturated carbocycles. The summed E-state index contributed by atoms with van der Waals surface area (Å²) >= 11 is 0. The summed E-state index contributed by atoms with van der Waals surface area (Å²) in [7, 11) is 0. The van der Waals surface area contributed by atoms with Crippen LogP contribution < -0.4 is 5.32 Å². The zero-order chi connectivity index (χ0) is 17.0. The maximum absolute atomic E-state index is 13.9. The van der Waals surface area contributed by atoms with Crippen molar-refractivity contribution in [2.45, 2.75) is 38.8 Å². The van der Waals surface area contributed by atoms with Gasteiger partial charge in [-0.3, -0.25) is 10.1 Å². The van der Waals surface area contributed by atoms with Crippen molar-refractivity contribution in [3.05, 3.63) is 34.1 Å². The third kappa shape index (κ3) is 4.54. The van der Waals surface area contributed by atoms with Gasteiger partial charge in [0.25, 0.3) is 5.69 Å². The maximum atomic E-state index is 13.9. The minimum absolute atomic E-state index is 0.00839. The van der Waals surface area contributed by atoms with Gasteiger partial charge in [-0.1, -0.05) is 0 Å². The number of rotatable bonds is 4. The van der Waals surface area contributed by atoms with Crippen LogP contribution in [0, 0.1) is 15.9 Å². The number of benzene rings is 1. The molecule has 23 heavy (non-hydrogen) atoms. The Bertz CT molecular complexity index is 586. The number of nitro groups is 1. The van der Waals surface area contributed by atoms with Crippen molar-refractivity contribution >= 4 is 17.5 Å². The molecular weight excluding hydrogens is 305 g/mol. The number of nitrogens with one attached hydrogen (secondary N) is 1. The summed E-state index contributed by atoms with van der Waals surface area (Å²) in [6.45, 7) is 4.64. The number of ether oxygens (including phenoxy) is 1. The molecule has 1 saturated heterocycles. The van der Waals surface area contributed by atoms with Gasteiger partial charge in [-0.05, 0) is 32.8 Å². The van der Waals surface area contributed by atoms with Crippen LogP contribution in [0.15, 0.2) is 18.2 Å². The molecule has 1 aliphatic heterocycles. The lowest BCUT2D eigenvalue weighted by Crippen LogP contribution is -2.43. The number of likely N-dealkylation sites (tertiary alicyclic amines) is 1. The Balaban J connectivity index is 1.89. The maximum Gasteiger partial charge on any atom is 0.410 e. The molecule has 0 spiro atoms. The third-order valence-corrected chi connectivity index (χ3v) is 3.61. The highest BCUT2D eigenvalue weighted by molar-refractivity contribution is 5.68. The van der Waals surface area contributed by atoms with Crippen molar-refractivity contribution in [3.8, 4) is 0 Å². The first-order valence-corrected chi connectivity index (χ1v) is 7.53. The summed E-state index contributed by atoms with van der Waals surface area (Å²) in [4.78, 5) is 23.4. The summed E-state index contributed by atoms with van der Waals surface area (Å²) in [6.07, 6.45) is 0.820. The standard InChI is InChI=1S/C15H20FN3O4/c1-10(2)23-15(20)18-7-5-11(6-8-18)17-14-4-3-12(19(21)22)9-13(14)16/h3-4,9-11,17H,5-8H2,1-2H3. The lowest BCUT2D eigenvalue weighted by molar-refractivity contribution is -0.385. The average Bonchev–Trinajstić information content (AvgIpc) is 2.49. The molecule has 0 bridgehead atoms. The van der Waals surface area contributed by atoms with E-state index >= 15 is 0 Å². The number of nitro benzene ring substituents is 1. The quantitative estimate of drug-likeness (QED) is 0.679. The average molecular weight is 325 g/mol. The molecule has 7 nitrogen and oxygen atoms in total. The Hall–Kier alpha value is -2.38. The number of piperidine rings is 1.